The van der Waals surface area contributed by atoms with Gasteiger partial charge in [0.05, 0.1) is 0 Å². The van der Waals surface area contributed by atoms with Crippen LogP contribution in [0.25, 0.3) is 0 Å². The number of allylic oxidation sites excluding steroid dienone is 18. The lowest BCUT2D eigenvalue weighted by molar-refractivity contribution is -0.167. The third-order valence-electron chi connectivity index (χ3n) is 12.0. The van der Waals surface area contributed by atoms with Crippen LogP contribution in [0.4, 0.5) is 0 Å². The first-order valence-corrected chi connectivity index (χ1v) is 28.9. The molecule has 398 valence electrons. The lowest BCUT2D eigenvalue weighted by Gasteiger charge is -2.18. The van der Waals surface area contributed by atoms with E-state index in [9.17, 15) is 14.4 Å². The van der Waals surface area contributed by atoms with Crippen molar-refractivity contribution in [3.05, 3.63) is 109 Å². The summed E-state index contributed by atoms with van der Waals surface area (Å²) < 4.78 is 16.8. The number of ether oxygens (including phenoxy) is 3. The van der Waals surface area contributed by atoms with Crippen molar-refractivity contribution in [2.75, 3.05) is 13.2 Å². The zero-order valence-corrected chi connectivity index (χ0v) is 45.5. The maximum Gasteiger partial charge on any atom is 0.306 e. The monoisotopic (exact) mass is 971 g/mol. The van der Waals surface area contributed by atoms with E-state index in [-0.39, 0.29) is 37.5 Å². The van der Waals surface area contributed by atoms with E-state index in [0.29, 0.717) is 12.8 Å². The van der Waals surface area contributed by atoms with Crippen LogP contribution in [0.15, 0.2) is 109 Å². The maximum absolute atomic E-state index is 12.9. The molecule has 70 heavy (non-hydrogen) atoms. The number of carbonyl (C=O) groups is 3. The van der Waals surface area contributed by atoms with Crippen molar-refractivity contribution in [1.29, 1.82) is 0 Å². The van der Waals surface area contributed by atoms with Gasteiger partial charge in [-0.15, -0.1) is 0 Å². The molecule has 0 saturated carbocycles. The fraction of sp³-hybridized carbons (Fsp3) is 0.672. The average Bonchev–Trinajstić information content (AvgIpc) is 3.36. The van der Waals surface area contributed by atoms with Gasteiger partial charge in [-0.2, -0.15) is 0 Å². The molecule has 0 amide bonds. The summed E-state index contributed by atoms with van der Waals surface area (Å²) in [6.07, 6.45) is 77.9. The van der Waals surface area contributed by atoms with Crippen LogP contribution in [0.5, 0.6) is 0 Å². The third-order valence-corrected chi connectivity index (χ3v) is 12.0. The van der Waals surface area contributed by atoms with Gasteiger partial charge in [-0.1, -0.05) is 246 Å². The molecule has 0 saturated heterocycles. The molecule has 0 N–H and O–H groups in total. The molecule has 0 heterocycles. The van der Waals surface area contributed by atoms with E-state index in [2.05, 4.69) is 130 Å². The zero-order chi connectivity index (χ0) is 50.7. The molecule has 0 aromatic rings. The average molecular weight is 972 g/mol. The Labute approximate surface area is 431 Å². The second-order valence-electron chi connectivity index (χ2n) is 18.8. The van der Waals surface area contributed by atoms with Crippen molar-refractivity contribution in [3.63, 3.8) is 0 Å². The summed E-state index contributed by atoms with van der Waals surface area (Å²) >= 11 is 0. The second kappa shape index (κ2) is 57.6. The first kappa shape index (κ1) is 66.1. The predicted octanol–water partition coefficient (Wildman–Crippen LogP) is 19.5. The van der Waals surface area contributed by atoms with Crippen molar-refractivity contribution in [2.24, 2.45) is 0 Å². The summed E-state index contributed by atoms with van der Waals surface area (Å²) in [7, 11) is 0. The van der Waals surface area contributed by atoms with E-state index in [1.807, 2.05) is 0 Å². The highest BCUT2D eigenvalue weighted by Gasteiger charge is 2.19. The number of rotatable bonds is 51. The lowest BCUT2D eigenvalue weighted by Crippen LogP contribution is -2.30. The van der Waals surface area contributed by atoms with Crippen LogP contribution in [-0.4, -0.2) is 37.2 Å². The molecule has 1 atom stereocenters. The molecule has 1 unspecified atom stereocenters. The number of carbonyl (C=O) groups excluding carboxylic acids is 3. The molecule has 6 heteroatoms. The van der Waals surface area contributed by atoms with Crippen molar-refractivity contribution in [1.82, 2.24) is 0 Å². The van der Waals surface area contributed by atoms with Crippen LogP contribution >= 0.6 is 0 Å². The molecule has 0 aliphatic heterocycles. The fourth-order valence-electron chi connectivity index (χ4n) is 7.75. The fourth-order valence-corrected chi connectivity index (χ4v) is 7.75. The summed E-state index contributed by atoms with van der Waals surface area (Å²) in [5.74, 6) is -0.933. The van der Waals surface area contributed by atoms with Gasteiger partial charge in [-0.25, -0.2) is 0 Å². The summed E-state index contributed by atoms with van der Waals surface area (Å²) in [5.41, 5.74) is 0. The quantitative estimate of drug-likeness (QED) is 0.0262. The van der Waals surface area contributed by atoms with Crippen molar-refractivity contribution in [2.45, 2.75) is 264 Å². The summed E-state index contributed by atoms with van der Waals surface area (Å²) in [6, 6.07) is 0. The topological polar surface area (TPSA) is 78.9 Å². The normalized spacial score (nSPS) is 12.9. The van der Waals surface area contributed by atoms with Gasteiger partial charge in [0.1, 0.15) is 13.2 Å². The lowest BCUT2D eigenvalue weighted by atomic mass is 10.0. The minimum Gasteiger partial charge on any atom is -0.462 e. The van der Waals surface area contributed by atoms with Gasteiger partial charge in [0.15, 0.2) is 6.10 Å². The zero-order valence-electron chi connectivity index (χ0n) is 45.5. The van der Waals surface area contributed by atoms with Gasteiger partial charge < -0.3 is 14.2 Å². The number of hydrogen-bond acceptors (Lipinski definition) is 6. The summed E-state index contributed by atoms with van der Waals surface area (Å²) in [6.45, 7) is 6.38. The van der Waals surface area contributed by atoms with Crippen molar-refractivity contribution >= 4 is 17.9 Å². The summed E-state index contributed by atoms with van der Waals surface area (Å²) in [4.78, 5) is 38.2. The molecular formula is C64H106O6. The van der Waals surface area contributed by atoms with Crippen molar-refractivity contribution < 1.29 is 28.6 Å². The molecule has 0 fully saturated rings. The van der Waals surface area contributed by atoms with Gasteiger partial charge in [0.25, 0.3) is 0 Å². The van der Waals surface area contributed by atoms with Gasteiger partial charge in [0, 0.05) is 19.3 Å². The van der Waals surface area contributed by atoms with E-state index >= 15 is 0 Å². The molecule has 0 radical (unpaired) electrons. The Morgan fingerprint density at radius 1 is 0.300 bits per heavy atom. The van der Waals surface area contributed by atoms with E-state index in [4.69, 9.17) is 14.2 Å². The Morgan fingerprint density at radius 2 is 0.557 bits per heavy atom. The van der Waals surface area contributed by atoms with E-state index in [1.54, 1.807) is 0 Å². The molecule has 0 aliphatic carbocycles. The molecule has 6 nitrogen and oxygen atoms in total. The van der Waals surface area contributed by atoms with Crippen LogP contribution in [0.1, 0.15) is 258 Å². The first-order valence-electron chi connectivity index (χ1n) is 28.9. The van der Waals surface area contributed by atoms with E-state index in [1.165, 1.54) is 89.9 Å². The number of unbranched alkanes of at least 4 members (excludes halogenated alkanes) is 22. The predicted molar refractivity (Wildman–Crippen MR) is 302 cm³/mol. The van der Waals surface area contributed by atoms with E-state index in [0.717, 1.165) is 128 Å². The van der Waals surface area contributed by atoms with Crippen molar-refractivity contribution in [3.8, 4) is 0 Å². The molecule has 0 bridgehead atoms. The minimum atomic E-state index is -0.799. The number of esters is 3. The van der Waals surface area contributed by atoms with Crippen LogP contribution in [-0.2, 0) is 28.6 Å². The summed E-state index contributed by atoms with van der Waals surface area (Å²) in [5, 5.41) is 0. The van der Waals surface area contributed by atoms with Crippen LogP contribution in [0.3, 0.4) is 0 Å². The highest BCUT2D eigenvalue weighted by molar-refractivity contribution is 5.71. The first-order chi connectivity index (χ1) is 34.5. The molecule has 0 aliphatic rings. The Balaban J connectivity index is 4.43. The highest BCUT2D eigenvalue weighted by atomic mass is 16.6. The van der Waals surface area contributed by atoms with Crippen LogP contribution in [0.2, 0.25) is 0 Å². The van der Waals surface area contributed by atoms with Crippen LogP contribution in [0, 0.1) is 0 Å². The molecule has 0 rings (SSSR count). The molecule has 0 aromatic carbocycles. The maximum atomic E-state index is 12.9. The smallest absolute Gasteiger partial charge is 0.306 e. The van der Waals surface area contributed by atoms with Gasteiger partial charge in [-0.3, -0.25) is 14.4 Å². The molecule has 0 aromatic heterocycles. The van der Waals surface area contributed by atoms with E-state index < -0.39 is 6.10 Å². The molecular weight excluding hydrogens is 865 g/mol. The Bertz CT molecular complexity index is 1440. The van der Waals surface area contributed by atoms with Crippen LogP contribution < -0.4 is 0 Å². The highest BCUT2D eigenvalue weighted by Crippen LogP contribution is 2.15. The standard InChI is InChI=1S/C64H106O6/c1-4-7-10-13-16-19-22-25-27-29-31-32-34-35-37-39-42-45-48-51-54-57-63(66)69-60-61(59-68-62(65)56-53-50-47-44-41-24-21-18-15-12-9-6-3)70-64(67)58-55-52-49-46-43-40-38-36-33-30-28-26-23-20-17-14-11-8-5-2/h7-8,10-11,16-17,19-20,25-28,31-33,36,40,43,61H,4-6,9,12-15,18,21-24,29-30,34-35,37-39,41-42,44-60H2,1-3H3/b10-7-,11-8-,19-16-,20-17-,27-25-,28-26-,32-31-,36-33-,43-40-. The molecule has 0 spiro atoms. The second-order valence-corrected chi connectivity index (χ2v) is 18.8. The largest absolute Gasteiger partial charge is 0.462 e. The Kier molecular flexibility index (Phi) is 54.4. The van der Waals surface area contributed by atoms with Gasteiger partial charge in [0.2, 0.25) is 0 Å². The Morgan fingerprint density at radius 3 is 0.886 bits per heavy atom. The Hall–Kier alpha value is -3.93. The SMILES string of the molecule is CC/C=C\C/C=C\C/C=C\C/C=C\C/C=C\CCCCCC(=O)OC(COC(=O)CCCCCCCCCC/C=C\C/C=C\C/C=C\C/C=C\CC)COC(=O)CCCCCCCCCCCCCC. The third kappa shape index (κ3) is 55.0. The van der Waals surface area contributed by atoms with Gasteiger partial charge in [-0.05, 0) is 103 Å². The van der Waals surface area contributed by atoms with Gasteiger partial charge >= 0.3 is 17.9 Å². The number of hydrogen-bond donors (Lipinski definition) is 0. The minimum absolute atomic E-state index is 0.0936.